The number of thiazole rings is 1. The Morgan fingerprint density at radius 1 is 1.37 bits per heavy atom. The number of aromatic nitrogens is 1. The predicted octanol–water partition coefficient (Wildman–Crippen LogP) is 3.22. The van der Waals surface area contributed by atoms with Crippen molar-refractivity contribution in [3.05, 3.63) is 47.5 Å². The number of nitrogens with one attached hydrogen (secondary N) is 1. The van der Waals surface area contributed by atoms with E-state index >= 15 is 0 Å². The van der Waals surface area contributed by atoms with Crippen LogP contribution in [0.3, 0.4) is 0 Å². The molecule has 2 unspecified atom stereocenters. The molecular formula is C15H19N3S. The fourth-order valence-corrected chi connectivity index (χ4v) is 3.32. The van der Waals surface area contributed by atoms with E-state index in [2.05, 4.69) is 52.5 Å². The van der Waals surface area contributed by atoms with Gasteiger partial charge in [0.25, 0.3) is 0 Å². The number of likely N-dealkylation sites (tertiary alicyclic amines) is 1. The van der Waals surface area contributed by atoms with Gasteiger partial charge in [0.2, 0.25) is 0 Å². The van der Waals surface area contributed by atoms with Crippen LogP contribution in [0.1, 0.15) is 18.9 Å². The number of anilines is 1. The fraction of sp³-hybridized carbons (Fsp3) is 0.400. The Kier molecular flexibility index (Phi) is 3.80. The summed E-state index contributed by atoms with van der Waals surface area (Å²) in [5.74, 6) is 0. The van der Waals surface area contributed by atoms with E-state index in [1.807, 2.05) is 11.6 Å². The highest BCUT2D eigenvalue weighted by Gasteiger charge is 2.29. The highest BCUT2D eigenvalue weighted by Crippen LogP contribution is 2.23. The van der Waals surface area contributed by atoms with Crippen molar-refractivity contribution in [2.45, 2.75) is 32.0 Å². The van der Waals surface area contributed by atoms with Gasteiger partial charge in [-0.1, -0.05) is 30.3 Å². The van der Waals surface area contributed by atoms with E-state index in [1.54, 1.807) is 11.3 Å². The first kappa shape index (κ1) is 12.6. The molecular weight excluding hydrogens is 254 g/mol. The van der Waals surface area contributed by atoms with Crippen LogP contribution in [0.15, 0.2) is 41.9 Å². The summed E-state index contributed by atoms with van der Waals surface area (Å²) in [4.78, 5) is 6.84. The first-order chi connectivity index (χ1) is 9.31. The van der Waals surface area contributed by atoms with Crippen LogP contribution in [0, 0.1) is 0 Å². The summed E-state index contributed by atoms with van der Waals surface area (Å²) in [5.41, 5.74) is 1.39. The summed E-state index contributed by atoms with van der Waals surface area (Å²) >= 11 is 1.68. The molecule has 2 aromatic rings. The molecule has 4 heteroatoms. The van der Waals surface area contributed by atoms with Crippen LogP contribution in [0.25, 0.3) is 0 Å². The van der Waals surface area contributed by atoms with Gasteiger partial charge in [0, 0.05) is 36.8 Å². The number of benzene rings is 1. The summed E-state index contributed by atoms with van der Waals surface area (Å²) in [7, 11) is 0. The maximum absolute atomic E-state index is 4.30. The van der Waals surface area contributed by atoms with E-state index in [9.17, 15) is 0 Å². The van der Waals surface area contributed by atoms with Gasteiger partial charge in [-0.15, -0.1) is 11.3 Å². The molecule has 1 N–H and O–H groups in total. The average molecular weight is 273 g/mol. The van der Waals surface area contributed by atoms with Gasteiger partial charge in [0.15, 0.2) is 5.13 Å². The average Bonchev–Trinajstić information content (AvgIpc) is 3.02. The van der Waals surface area contributed by atoms with Crippen LogP contribution in [-0.4, -0.2) is 28.5 Å². The van der Waals surface area contributed by atoms with Crippen molar-refractivity contribution >= 4 is 16.5 Å². The Morgan fingerprint density at radius 3 is 2.95 bits per heavy atom. The zero-order valence-electron chi connectivity index (χ0n) is 11.1. The summed E-state index contributed by atoms with van der Waals surface area (Å²) < 4.78 is 0. The second-order valence-corrected chi connectivity index (χ2v) is 6.07. The molecule has 19 heavy (non-hydrogen) atoms. The molecule has 0 bridgehead atoms. The zero-order chi connectivity index (χ0) is 13.1. The van der Waals surface area contributed by atoms with E-state index in [0.29, 0.717) is 12.1 Å². The minimum atomic E-state index is 0.518. The van der Waals surface area contributed by atoms with Gasteiger partial charge in [0.05, 0.1) is 0 Å². The first-order valence-electron chi connectivity index (χ1n) is 6.75. The molecule has 100 valence electrons. The third-order valence-corrected chi connectivity index (χ3v) is 4.40. The second-order valence-electron chi connectivity index (χ2n) is 5.18. The molecule has 0 aliphatic carbocycles. The van der Waals surface area contributed by atoms with Gasteiger partial charge in [-0.05, 0) is 18.9 Å². The molecule has 2 atom stereocenters. The lowest BCUT2D eigenvalue weighted by Crippen LogP contribution is -2.28. The van der Waals surface area contributed by atoms with Crippen LogP contribution in [-0.2, 0) is 6.54 Å². The van der Waals surface area contributed by atoms with Crippen LogP contribution in [0.4, 0.5) is 5.13 Å². The molecule has 3 rings (SSSR count). The monoisotopic (exact) mass is 273 g/mol. The molecule has 2 heterocycles. The molecule has 1 aliphatic heterocycles. The third-order valence-electron chi connectivity index (χ3n) is 3.69. The Morgan fingerprint density at radius 2 is 2.21 bits per heavy atom. The normalized spacial score (nSPS) is 23.6. The van der Waals surface area contributed by atoms with Crippen molar-refractivity contribution in [1.29, 1.82) is 0 Å². The molecule has 1 saturated heterocycles. The molecule has 0 amide bonds. The number of rotatable bonds is 4. The summed E-state index contributed by atoms with van der Waals surface area (Å²) in [6.45, 7) is 4.44. The summed E-state index contributed by atoms with van der Waals surface area (Å²) in [6.07, 6.45) is 3.04. The smallest absolute Gasteiger partial charge is 0.182 e. The van der Waals surface area contributed by atoms with Gasteiger partial charge < -0.3 is 5.32 Å². The van der Waals surface area contributed by atoms with Crippen molar-refractivity contribution in [3.63, 3.8) is 0 Å². The first-order valence-corrected chi connectivity index (χ1v) is 7.63. The molecule has 3 nitrogen and oxygen atoms in total. The number of hydrogen-bond acceptors (Lipinski definition) is 4. The largest absolute Gasteiger partial charge is 0.357 e. The second kappa shape index (κ2) is 5.72. The van der Waals surface area contributed by atoms with Gasteiger partial charge in [-0.3, -0.25) is 4.90 Å². The Labute approximate surface area is 118 Å². The number of nitrogens with zero attached hydrogens (tertiary/aromatic N) is 2. The lowest BCUT2D eigenvalue weighted by molar-refractivity contribution is 0.259. The summed E-state index contributed by atoms with van der Waals surface area (Å²) in [6, 6.07) is 11.8. The van der Waals surface area contributed by atoms with Crippen LogP contribution < -0.4 is 5.32 Å². The standard InChI is InChI=1S/C15H19N3S/c1-12-9-14(17-15-16-7-8-19-15)11-18(12)10-13-5-3-2-4-6-13/h2-8,12,14H,9-11H2,1H3,(H,16,17). The molecule has 1 aliphatic rings. The minimum absolute atomic E-state index is 0.518. The van der Waals surface area contributed by atoms with E-state index in [1.165, 1.54) is 12.0 Å². The predicted molar refractivity (Wildman–Crippen MR) is 80.5 cm³/mol. The van der Waals surface area contributed by atoms with Crippen LogP contribution >= 0.6 is 11.3 Å². The zero-order valence-corrected chi connectivity index (χ0v) is 11.9. The topological polar surface area (TPSA) is 28.2 Å². The Balaban J connectivity index is 1.59. The van der Waals surface area contributed by atoms with Crippen LogP contribution in [0.2, 0.25) is 0 Å². The SMILES string of the molecule is CC1CC(Nc2nccs2)CN1Cc1ccccc1. The van der Waals surface area contributed by atoms with Crippen molar-refractivity contribution in [2.75, 3.05) is 11.9 Å². The molecule has 0 spiro atoms. The number of hydrogen-bond donors (Lipinski definition) is 1. The molecule has 0 radical (unpaired) electrons. The van der Waals surface area contributed by atoms with Crippen molar-refractivity contribution in [1.82, 2.24) is 9.88 Å². The molecule has 1 aromatic heterocycles. The van der Waals surface area contributed by atoms with E-state index in [0.717, 1.165) is 18.2 Å². The van der Waals surface area contributed by atoms with E-state index < -0.39 is 0 Å². The van der Waals surface area contributed by atoms with Gasteiger partial charge >= 0.3 is 0 Å². The van der Waals surface area contributed by atoms with E-state index in [4.69, 9.17) is 0 Å². The maximum atomic E-state index is 4.30. The van der Waals surface area contributed by atoms with Crippen molar-refractivity contribution in [3.8, 4) is 0 Å². The van der Waals surface area contributed by atoms with Crippen molar-refractivity contribution < 1.29 is 0 Å². The highest BCUT2D eigenvalue weighted by atomic mass is 32.1. The minimum Gasteiger partial charge on any atom is -0.357 e. The van der Waals surface area contributed by atoms with Gasteiger partial charge in [0.1, 0.15) is 0 Å². The quantitative estimate of drug-likeness (QED) is 0.927. The molecule has 1 fully saturated rings. The summed E-state index contributed by atoms with van der Waals surface area (Å²) in [5, 5.41) is 6.59. The fourth-order valence-electron chi connectivity index (χ4n) is 2.71. The third kappa shape index (κ3) is 3.14. The van der Waals surface area contributed by atoms with Crippen molar-refractivity contribution in [2.24, 2.45) is 0 Å². The molecule has 1 aromatic carbocycles. The van der Waals surface area contributed by atoms with Gasteiger partial charge in [-0.2, -0.15) is 0 Å². The molecule has 0 saturated carbocycles. The Hall–Kier alpha value is -1.39. The van der Waals surface area contributed by atoms with Crippen LogP contribution in [0.5, 0.6) is 0 Å². The lowest BCUT2D eigenvalue weighted by atomic mass is 10.2. The van der Waals surface area contributed by atoms with E-state index in [-0.39, 0.29) is 0 Å². The maximum Gasteiger partial charge on any atom is 0.182 e. The van der Waals surface area contributed by atoms with Gasteiger partial charge in [-0.25, -0.2) is 4.98 Å². The lowest BCUT2D eigenvalue weighted by Gasteiger charge is -2.20. The highest BCUT2D eigenvalue weighted by molar-refractivity contribution is 7.13. The Bertz CT molecular complexity index is 497.